The van der Waals surface area contributed by atoms with Crippen LogP contribution in [0.25, 0.3) is 4.96 Å². The summed E-state index contributed by atoms with van der Waals surface area (Å²) in [5.74, 6) is -0.125. The number of nitro groups is 1. The standard InChI is InChI=1S/C14H12N4O4S/c1-8-7-23-14-16-11(6-17(8)14)13(19)15-10-5-9(18(20)21)3-4-12(10)22-2/h3-7H,1-2H3,(H,15,19). The number of hydrogen-bond acceptors (Lipinski definition) is 6. The molecule has 23 heavy (non-hydrogen) atoms. The Kier molecular flexibility index (Phi) is 3.70. The number of methoxy groups -OCH3 is 1. The molecule has 0 bridgehead atoms. The van der Waals surface area contributed by atoms with Crippen LogP contribution in [0.4, 0.5) is 11.4 Å². The predicted molar refractivity (Wildman–Crippen MR) is 85.4 cm³/mol. The van der Waals surface area contributed by atoms with Gasteiger partial charge >= 0.3 is 0 Å². The second-order valence-electron chi connectivity index (χ2n) is 4.75. The van der Waals surface area contributed by atoms with Crippen molar-refractivity contribution in [3.05, 3.63) is 51.3 Å². The van der Waals surface area contributed by atoms with E-state index < -0.39 is 10.8 Å². The average Bonchev–Trinajstić information content (AvgIpc) is 3.09. The molecule has 8 nitrogen and oxygen atoms in total. The molecule has 0 aliphatic heterocycles. The molecule has 0 unspecified atom stereocenters. The van der Waals surface area contributed by atoms with E-state index in [0.29, 0.717) is 10.7 Å². The van der Waals surface area contributed by atoms with Crippen LogP contribution in [0.15, 0.2) is 29.8 Å². The molecule has 2 heterocycles. The Hall–Kier alpha value is -2.94. The molecule has 0 saturated heterocycles. The van der Waals surface area contributed by atoms with Crippen molar-refractivity contribution in [2.24, 2.45) is 0 Å². The van der Waals surface area contributed by atoms with Crippen LogP contribution in [-0.2, 0) is 0 Å². The molecule has 0 aliphatic rings. The van der Waals surface area contributed by atoms with E-state index in [1.165, 1.54) is 36.6 Å². The highest BCUT2D eigenvalue weighted by molar-refractivity contribution is 7.15. The third-order valence-corrected chi connectivity index (χ3v) is 4.22. The summed E-state index contributed by atoms with van der Waals surface area (Å²) in [4.78, 5) is 27.6. The molecule has 0 atom stereocenters. The van der Waals surface area contributed by atoms with Gasteiger partial charge in [0.15, 0.2) is 4.96 Å². The third kappa shape index (κ3) is 2.73. The van der Waals surface area contributed by atoms with Gasteiger partial charge in [0.2, 0.25) is 0 Å². The SMILES string of the molecule is COc1ccc([N+](=O)[O-])cc1NC(=O)c1cn2c(C)csc2n1. The summed E-state index contributed by atoms with van der Waals surface area (Å²) >= 11 is 1.43. The molecule has 1 amide bonds. The molecule has 2 aromatic heterocycles. The summed E-state index contributed by atoms with van der Waals surface area (Å²) in [6.07, 6.45) is 1.63. The van der Waals surface area contributed by atoms with Gasteiger partial charge in [0.1, 0.15) is 11.4 Å². The highest BCUT2D eigenvalue weighted by atomic mass is 32.1. The Balaban J connectivity index is 1.92. The topological polar surface area (TPSA) is 98.8 Å². The second kappa shape index (κ2) is 5.69. The summed E-state index contributed by atoms with van der Waals surface area (Å²) in [6.45, 7) is 1.91. The number of nitrogens with one attached hydrogen (secondary N) is 1. The summed E-state index contributed by atoms with van der Waals surface area (Å²) in [7, 11) is 1.42. The van der Waals surface area contributed by atoms with Crippen LogP contribution < -0.4 is 10.1 Å². The summed E-state index contributed by atoms with van der Waals surface area (Å²) in [6, 6.07) is 3.99. The maximum absolute atomic E-state index is 12.3. The number of thiazole rings is 1. The lowest BCUT2D eigenvalue weighted by atomic mass is 10.2. The largest absolute Gasteiger partial charge is 0.495 e. The molecule has 0 radical (unpaired) electrons. The van der Waals surface area contributed by atoms with Gasteiger partial charge in [-0.2, -0.15) is 0 Å². The van der Waals surface area contributed by atoms with Gasteiger partial charge in [0, 0.05) is 29.4 Å². The summed E-state index contributed by atoms with van der Waals surface area (Å²) in [5, 5.41) is 15.4. The zero-order chi connectivity index (χ0) is 16.6. The fourth-order valence-corrected chi connectivity index (χ4v) is 2.95. The minimum atomic E-state index is -0.537. The Morgan fingerprint density at radius 2 is 2.26 bits per heavy atom. The first kappa shape index (κ1) is 15.0. The maximum Gasteiger partial charge on any atom is 0.276 e. The Bertz CT molecular complexity index is 915. The number of hydrogen-bond donors (Lipinski definition) is 1. The van der Waals surface area contributed by atoms with Gasteiger partial charge in [0.25, 0.3) is 11.6 Å². The van der Waals surface area contributed by atoms with Gasteiger partial charge in [-0.05, 0) is 13.0 Å². The predicted octanol–water partition coefficient (Wildman–Crippen LogP) is 2.87. The lowest BCUT2D eigenvalue weighted by Gasteiger charge is -2.08. The van der Waals surface area contributed by atoms with Crippen molar-refractivity contribution in [1.29, 1.82) is 0 Å². The van der Waals surface area contributed by atoms with Crippen molar-refractivity contribution in [3.63, 3.8) is 0 Å². The average molecular weight is 332 g/mol. The molecule has 9 heteroatoms. The number of benzene rings is 1. The van der Waals surface area contributed by atoms with E-state index in [-0.39, 0.29) is 17.1 Å². The number of carbonyl (C=O) groups excluding carboxylic acids is 1. The first-order chi connectivity index (χ1) is 11.0. The Morgan fingerprint density at radius 1 is 1.48 bits per heavy atom. The number of amides is 1. The highest BCUT2D eigenvalue weighted by Gasteiger charge is 2.17. The van der Waals surface area contributed by atoms with Crippen molar-refractivity contribution < 1.29 is 14.5 Å². The van der Waals surface area contributed by atoms with Crippen LogP contribution >= 0.6 is 11.3 Å². The number of fused-ring (bicyclic) bond motifs is 1. The van der Waals surface area contributed by atoms with Crippen LogP contribution in [-0.4, -0.2) is 27.3 Å². The van der Waals surface area contributed by atoms with Crippen LogP contribution in [0, 0.1) is 17.0 Å². The van der Waals surface area contributed by atoms with Crippen molar-refractivity contribution in [3.8, 4) is 5.75 Å². The fraction of sp³-hybridized carbons (Fsp3) is 0.143. The summed E-state index contributed by atoms with van der Waals surface area (Å²) < 4.78 is 6.93. The van der Waals surface area contributed by atoms with E-state index in [9.17, 15) is 14.9 Å². The van der Waals surface area contributed by atoms with Gasteiger partial charge in [-0.25, -0.2) is 4.98 Å². The van der Waals surface area contributed by atoms with Crippen molar-refractivity contribution >= 4 is 33.6 Å². The molecule has 1 aromatic carbocycles. The lowest BCUT2D eigenvalue weighted by molar-refractivity contribution is -0.384. The Labute approximate surface area is 134 Å². The first-order valence-corrected chi connectivity index (χ1v) is 7.44. The number of nitro benzene ring substituents is 1. The molecule has 118 valence electrons. The van der Waals surface area contributed by atoms with Gasteiger partial charge < -0.3 is 10.1 Å². The zero-order valence-electron chi connectivity index (χ0n) is 12.3. The number of aromatic nitrogens is 2. The van der Waals surface area contributed by atoms with E-state index in [1.807, 2.05) is 16.7 Å². The second-order valence-corrected chi connectivity index (χ2v) is 5.59. The number of nitrogens with zero attached hydrogens (tertiary/aromatic N) is 3. The molecule has 1 N–H and O–H groups in total. The summed E-state index contributed by atoms with van der Waals surface area (Å²) in [5.41, 5.74) is 1.29. The van der Waals surface area contributed by atoms with Crippen LogP contribution in [0.5, 0.6) is 5.75 Å². The van der Waals surface area contributed by atoms with Gasteiger partial charge in [-0.15, -0.1) is 11.3 Å². The number of rotatable bonds is 4. The number of aryl methyl sites for hydroxylation is 1. The smallest absolute Gasteiger partial charge is 0.276 e. The molecule has 3 aromatic rings. The minimum Gasteiger partial charge on any atom is -0.495 e. The molecular weight excluding hydrogens is 320 g/mol. The maximum atomic E-state index is 12.3. The third-order valence-electron chi connectivity index (χ3n) is 3.26. The van der Waals surface area contributed by atoms with Crippen LogP contribution in [0.3, 0.4) is 0 Å². The first-order valence-electron chi connectivity index (χ1n) is 6.56. The lowest BCUT2D eigenvalue weighted by Crippen LogP contribution is -2.13. The number of imidazole rings is 1. The monoisotopic (exact) mass is 332 g/mol. The number of ether oxygens (including phenoxy) is 1. The molecule has 0 aliphatic carbocycles. The van der Waals surface area contributed by atoms with Crippen LogP contribution in [0.2, 0.25) is 0 Å². The van der Waals surface area contributed by atoms with Crippen molar-refractivity contribution in [1.82, 2.24) is 9.38 Å². The molecule has 0 spiro atoms. The minimum absolute atomic E-state index is 0.136. The quantitative estimate of drug-likeness (QED) is 0.585. The van der Waals surface area contributed by atoms with Crippen LogP contribution in [0.1, 0.15) is 16.2 Å². The van der Waals surface area contributed by atoms with Gasteiger partial charge in [-0.3, -0.25) is 19.3 Å². The molecule has 0 fully saturated rings. The fourth-order valence-electron chi connectivity index (χ4n) is 2.10. The van der Waals surface area contributed by atoms with E-state index >= 15 is 0 Å². The normalized spacial score (nSPS) is 10.7. The van der Waals surface area contributed by atoms with E-state index in [4.69, 9.17) is 4.74 Å². The molecular formula is C14H12N4O4S. The number of carbonyl (C=O) groups is 1. The van der Waals surface area contributed by atoms with Crippen molar-refractivity contribution in [2.75, 3.05) is 12.4 Å². The van der Waals surface area contributed by atoms with E-state index in [1.54, 1.807) is 6.20 Å². The van der Waals surface area contributed by atoms with E-state index in [2.05, 4.69) is 10.3 Å². The molecule has 3 rings (SSSR count). The van der Waals surface area contributed by atoms with Crippen molar-refractivity contribution in [2.45, 2.75) is 6.92 Å². The van der Waals surface area contributed by atoms with E-state index in [0.717, 1.165) is 5.69 Å². The number of anilines is 1. The Morgan fingerprint density at radius 3 is 2.91 bits per heavy atom. The highest BCUT2D eigenvalue weighted by Crippen LogP contribution is 2.29. The zero-order valence-corrected chi connectivity index (χ0v) is 13.1. The molecule has 0 saturated carbocycles. The number of non-ortho nitro benzene ring substituents is 1. The van der Waals surface area contributed by atoms with Gasteiger partial charge in [-0.1, -0.05) is 0 Å². The van der Waals surface area contributed by atoms with Gasteiger partial charge in [0.05, 0.1) is 17.7 Å².